The van der Waals surface area contributed by atoms with Gasteiger partial charge in [-0.05, 0) is 51.0 Å². The summed E-state index contributed by atoms with van der Waals surface area (Å²) in [7, 11) is 1.70. The van der Waals surface area contributed by atoms with Crippen LogP contribution in [0.5, 0.6) is 5.75 Å². The maximum Gasteiger partial charge on any atom is 0.122 e. The van der Waals surface area contributed by atoms with Crippen LogP contribution in [0.2, 0.25) is 0 Å². The lowest BCUT2D eigenvalue weighted by Gasteiger charge is -2.20. The highest BCUT2D eigenvalue weighted by atomic mass is 32.2. The molecule has 0 aliphatic carbocycles. The van der Waals surface area contributed by atoms with Gasteiger partial charge in [0, 0.05) is 4.90 Å². The van der Waals surface area contributed by atoms with E-state index in [1.807, 2.05) is 20.8 Å². The van der Waals surface area contributed by atoms with Gasteiger partial charge in [-0.25, -0.2) is 0 Å². The summed E-state index contributed by atoms with van der Waals surface area (Å²) in [6, 6.07) is 4.19. The summed E-state index contributed by atoms with van der Waals surface area (Å²) in [6.45, 7) is 8.15. The average Bonchev–Trinajstić information content (AvgIpc) is 2.08. The number of benzene rings is 1. The number of hydrogen-bond acceptors (Lipinski definition) is 3. The number of hydrogen-bond donors (Lipinski definition) is 1. The van der Waals surface area contributed by atoms with Crippen LogP contribution in [0.15, 0.2) is 17.0 Å². The van der Waals surface area contributed by atoms with Crippen molar-refractivity contribution < 1.29 is 4.74 Å². The largest absolute Gasteiger partial charge is 0.496 e. The van der Waals surface area contributed by atoms with Crippen molar-refractivity contribution in [3.63, 3.8) is 0 Å². The smallest absolute Gasteiger partial charge is 0.122 e. The van der Waals surface area contributed by atoms with Gasteiger partial charge in [-0.15, -0.1) is 11.8 Å². The van der Waals surface area contributed by atoms with Crippen molar-refractivity contribution >= 4 is 11.8 Å². The normalized spacial score (nSPS) is 11.6. The lowest BCUT2D eigenvalue weighted by Crippen LogP contribution is -2.27. The quantitative estimate of drug-likeness (QED) is 0.634. The molecule has 0 unspecified atom stereocenters. The van der Waals surface area contributed by atoms with Crippen molar-refractivity contribution in [1.82, 2.24) is 0 Å². The first-order valence-electron chi connectivity index (χ1n) is 4.96. The highest BCUT2D eigenvalue weighted by Gasteiger charge is 2.15. The monoisotopic (exact) mass is 225 g/mol. The summed E-state index contributed by atoms with van der Waals surface area (Å²) in [5.41, 5.74) is 8.35. The second-order valence-corrected chi connectivity index (χ2v) is 5.99. The van der Waals surface area contributed by atoms with Gasteiger partial charge in [0.15, 0.2) is 0 Å². The summed E-state index contributed by atoms with van der Waals surface area (Å²) in [6.07, 6.45) is 0. The molecule has 2 N–H and O–H groups in total. The Hall–Kier alpha value is -0.670. The Balaban J connectivity index is 3.05. The second-order valence-electron chi connectivity index (χ2n) is 4.29. The molecule has 0 atom stereocenters. The van der Waals surface area contributed by atoms with Crippen LogP contribution in [0.25, 0.3) is 0 Å². The highest BCUT2D eigenvalue weighted by molar-refractivity contribution is 8.00. The van der Waals surface area contributed by atoms with Crippen LogP contribution in [0.3, 0.4) is 0 Å². The van der Waals surface area contributed by atoms with Gasteiger partial charge in [-0.2, -0.15) is 0 Å². The van der Waals surface area contributed by atoms with Crippen molar-refractivity contribution in [3.05, 3.63) is 23.3 Å². The Morgan fingerprint density at radius 2 is 1.80 bits per heavy atom. The molecule has 1 rings (SSSR count). The minimum absolute atomic E-state index is 0.244. The van der Waals surface area contributed by atoms with E-state index in [0.29, 0.717) is 0 Å². The van der Waals surface area contributed by atoms with Crippen LogP contribution in [-0.4, -0.2) is 12.0 Å². The van der Waals surface area contributed by atoms with E-state index in [1.165, 1.54) is 10.5 Å². The predicted molar refractivity (Wildman–Crippen MR) is 66.6 cm³/mol. The van der Waals surface area contributed by atoms with E-state index in [0.717, 1.165) is 11.3 Å². The summed E-state index contributed by atoms with van der Waals surface area (Å²) in [5.74, 6) is 0.937. The van der Waals surface area contributed by atoms with Crippen LogP contribution in [-0.2, 0) is 0 Å². The van der Waals surface area contributed by atoms with Gasteiger partial charge in [0.1, 0.15) is 5.75 Å². The van der Waals surface area contributed by atoms with Gasteiger partial charge in [0.2, 0.25) is 0 Å². The van der Waals surface area contributed by atoms with Crippen molar-refractivity contribution in [3.8, 4) is 5.75 Å². The van der Waals surface area contributed by atoms with E-state index >= 15 is 0 Å². The Kier molecular flexibility index (Phi) is 3.68. The molecule has 0 aromatic heterocycles. The Morgan fingerprint density at radius 1 is 1.20 bits per heavy atom. The summed E-state index contributed by atoms with van der Waals surface area (Å²) >= 11 is 1.68. The number of methoxy groups -OCH3 is 1. The zero-order valence-corrected chi connectivity index (χ0v) is 10.9. The van der Waals surface area contributed by atoms with Crippen LogP contribution in [0.4, 0.5) is 0 Å². The van der Waals surface area contributed by atoms with Gasteiger partial charge >= 0.3 is 0 Å². The molecule has 0 fully saturated rings. The van der Waals surface area contributed by atoms with Crippen molar-refractivity contribution in [2.75, 3.05) is 7.11 Å². The minimum atomic E-state index is -0.244. The number of aryl methyl sites for hydroxylation is 2. The maximum atomic E-state index is 5.99. The minimum Gasteiger partial charge on any atom is -0.496 e. The zero-order valence-electron chi connectivity index (χ0n) is 10.0. The number of ether oxygens (including phenoxy) is 1. The fourth-order valence-corrected chi connectivity index (χ4v) is 2.40. The van der Waals surface area contributed by atoms with Crippen LogP contribution >= 0.6 is 11.8 Å². The van der Waals surface area contributed by atoms with E-state index in [4.69, 9.17) is 10.5 Å². The molecule has 1 aromatic rings. The molecule has 0 bridgehead atoms. The van der Waals surface area contributed by atoms with Crippen LogP contribution < -0.4 is 10.5 Å². The number of nitrogens with two attached hydrogens (primary N) is 1. The molecule has 15 heavy (non-hydrogen) atoms. The van der Waals surface area contributed by atoms with Gasteiger partial charge < -0.3 is 10.5 Å². The standard InChI is InChI=1S/C12H19NOS/c1-8-7-11(15-12(3,4)13)9(2)6-10(8)14-5/h6-7H,13H2,1-5H3. The van der Waals surface area contributed by atoms with E-state index in [-0.39, 0.29) is 4.87 Å². The molecular formula is C12H19NOS. The summed E-state index contributed by atoms with van der Waals surface area (Å²) < 4.78 is 5.27. The molecule has 0 amide bonds. The van der Waals surface area contributed by atoms with Crippen molar-refractivity contribution in [2.45, 2.75) is 37.5 Å². The van der Waals surface area contributed by atoms with Gasteiger partial charge in [-0.1, -0.05) is 0 Å². The van der Waals surface area contributed by atoms with Crippen molar-refractivity contribution in [2.24, 2.45) is 5.73 Å². The molecule has 0 heterocycles. The first-order chi connectivity index (χ1) is 6.83. The van der Waals surface area contributed by atoms with Crippen LogP contribution in [0, 0.1) is 13.8 Å². The summed E-state index contributed by atoms with van der Waals surface area (Å²) in [4.78, 5) is 0.979. The van der Waals surface area contributed by atoms with E-state index in [1.54, 1.807) is 18.9 Å². The fourth-order valence-electron chi connectivity index (χ4n) is 1.38. The molecule has 84 valence electrons. The molecule has 0 spiro atoms. The third kappa shape index (κ3) is 3.43. The maximum absolute atomic E-state index is 5.99. The SMILES string of the molecule is COc1cc(C)c(SC(C)(C)N)cc1C. The van der Waals surface area contributed by atoms with E-state index in [9.17, 15) is 0 Å². The third-order valence-electron chi connectivity index (χ3n) is 2.07. The number of thioether (sulfide) groups is 1. The van der Waals surface area contributed by atoms with Gasteiger partial charge in [-0.3, -0.25) is 0 Å². The van der Waals surface area contributed by atoms with Crippen molar-refractivity contribution in [1.29, 1.82) is 0 Å². The Bertz CT molecular complexity index is 355. The average molecular weight is 225 g/mol. The molecule has 1 aromatic carbocycles. The fraction of sp³-hybridized carbons (Fsp3) is 0.500. The van der Waals surface area contributed by atoms with Crippen LogP contribution in [0.1, 0.15) is 25.0 Å². The Labute approximate surface area is 96.2 Å². The molecule has 3 heteroatoms. The lowest BCUT2D eigenvalue weighted by atomic mass is 10.1. The Morgan fingerprint density at radius 3 is 2.27 bits per heavy atom. The molecule has 0 aliphatic rings. The predicted octanol–water partition coefficient (Wildman–Crippen LogP) is 3.10. The number of rotatable bonds is 3. The third-order valence-corrected chi connectivity index (χ3v) is 3.25. The first kappa shape index (κ1) is 12.4. The molecular weight excluding hydrogens is 206 g/mol. The molecule has 0 radical (unpaired) electrons. The highest BCUT2D eigenvalue weighted by Crippen LogP contribution is 2.34. The molecule has 0 saturated carbocycles. The lowest BCUT2D eigenvalue weighted by molar-refractivity contribution is 0.411. The molecule has 0 aliphatic heterocycles. The second kappa shape index (κ2) is 4.45. The van der Waals surface area contributed by atoms with E-state index < -0.39 is 0 Å². The van der Waals surface area contributed by atoms with Gasteiger partial charge in [0.25, 0.3) is 0 Å². The molecule has 2 nitrogen and oxygen atoms in total. The van der Waals surface area contributed by atoms with E-state index in [2.05, 4.69) is 19.1 Å². The zero-order chi connectivity index (χ0) is 11.6. The molecule has 0 saturated heterocycles. The topological polar surface area (TPSA) is 35.2 Å². The summed E-state index contributed by atoms with van der Waals surface area (Å²) in [5, 5.41) is 0. The van der Waals surface area contributed by atoms with Gasteiger partial charge in [0.05, 0.1) is 12.0 Å². The first-order valence-corrected chi connectivity index (χ1v) is 5.78.